The molecule has 23 heavy (non-hydrogen) atoms. The highest BCUT2D eigenvalue weighted by molar-refractivity contribution is 6.06. The van der Waals surface area contributed by atoms with E-state index in [0.29, 0.717) is 44.0 Å². The van der Waals surface area contributed by atoms with Gasteiger partial charge in [0.2, 0.25) is 0 Å². The van der Waals surface area contributed by atoms with Crippen LogP contribution in [0.5, 0.6) is 0 Å². The molecule has 124 valence electrons. The fraction of sp³-hybridized carbons (Fsp3) is 0.533. The molecule has 2 aromatic rings. The molecule has 0 bridgehead atoms. The van der Waals surface area contributed by atoms with Crippen LogP contribution in [0.2, 0.25) is 0 Å². The fourth-order valence-corrected chi connectivity index (χ4v) is 2.80. The molecule has 0 saturated carbocycles. The first-order chi connectivity index (χ1) is 11.2. The van der Waals surface area contributed by atoms with Crippen molar-refractivity contribution in [2.75, 3.05) is 44.7 Å². The van der Waals surface area contributed by atoms with Crippen molar-refractivity contribution in [1.82, 2.24) is 20.1 Å². The highest BCUT2D eigenvalue weighted by Crippen LogP contribution is 2.30. The third-order valence-electron chi connectivity index (χ3n) is 4.22. The SMILES string of the molecule is CCN(C)C(=O)c1cnc2[nH]ncc2c1N1CCOC(CN)C1. The van der Waals surface area contributed by atoms with Crippen LogP contribution in [0, 0.1) is 0 Å². The molecule has 8 heteroatoms. The minimum absolute atomic E-state index is 0.0364. The van der Waals surface area contributed by atoms with E-state index < -0.39 is 0 Å². The topological polar surface area (TPSA) is 100 Å². The van der Waals surface area contributed by atoms with Gasteiger partial charge in [-0.1, -0.05) is 0 Å². The first-order valence-corrected chi connectivity index (χ1v) is 7.79. The van der Waals surface area contributed by atoms with Crippen LogP contribution in [0.1, 0.15) is 17.3 Å². The second-order valence-corrected chi connectivity index (χ2v) is 5.65. The molecule has 8 nitrogen and oxygen atoms in total. The Bertz CT molecular complexity index is 700. The van der Waals surface area contributed by atoms with Gasteiger partial charge in [0.25, 0.3) is 5.91 Å². The van der Waals surface area contributed by atoms with Crippen LogP contribution < -0.4 is 10.6 Å². The minimum Gasteiger partial charge on any atom is -0.373 e. The highest BCUT2D eigenvalue weighted by Gasteiger charge is 2.27. The molecule has 3 heterocycles. The Morgan fingerprint density at radius 2 is 2.39 bits per heavy atom. The number of nitrogens with one attached hydrogen (secondary N) is 1. The normalized spacial score (nSPS) is 18.4. The zero-order chi connectivity index (χ0) is 16.4. The second kappa shape index (κ2) is 6.51. The molecule has 1 fully saturated rings. The zero-order valence-corrected chi connectivity index (χ0v) is 13.5. The molecule has 1 aliphatic rings. The molecule has 3 N–H and O–H groups in total. The average Bonchev–Trinajstić information content (AvgIpc) is 3.08. The summed E-state index contributed by atoms with van der Waals surface area (Å²) >= 11 is 0. The van der Waals surface area contributed by atoms with Crippen LogP contribution in [0.15, 0.2) is 12.4 Å². The van der Waals surface area contributed by atoms with Gasteiger partial charge in [-0.25, -0.2) is 4.98 Å². The first kappa shape index (κ1) is 15.7. The quantitative estimate of drug-likeness (QED) is 0.836. The van der Waals surface area contributed by atoms with E-state index in [2.05, 4.69) is 20.1 Å². The zero-order valence-electron chi connectivity index (χ0n) is 13.5. The summed E-state index contributed by atoms with van der Waals surface area (Å²) in [5.41, 5.74) is 7.86. The molecule has 2 aromatic heterocycles. The van der Waals surface area contributed by atoms with E-state index >= 15 is 0 Å². The fourth-order valence-electron chi connectivity index (χ4n) is 2.80. The number of pyridine rings is 1. The number of ether oxygens (including phenoxy) is 1. The second-order valence-electron chi connectivity index (χ2n) is 5.65. The summed E-state index contributed by atoms with van der Waals surface area (Å²) in [5.74, 6) is -0.0473. The van der Waals surface area contributed by atoms with Gasteiger partial charge >= 0.3 is 0 Å². The van der Waals surface area contributed by atoms with E-state index in [9.17, 15) is 4.79 Å². The monoisotopic (exact) mass is 318 g/mol. The van der Waals surface area contributed by atoms with Crippen molar-refractivity contribution in [2.45, 2.75) is 13.0 Å². The lowest BCUT2D eigenvalue weighted by Gasteiger charge is -2.35. The molecule has 0 aliphatic carbocycles. The molecule has 0 radical (unpaired) electrons. The number of aromatic amines is 1. The van der Waals surface area contributed by atoms with Gasteiger partial charge in [0.05, 0.1) is 35.5 Å². The highest BCUT2D eigenvalue weighted by atomic mass is 16.5. The number of carbonyl (C=O) groups is 1. The standard InChI is InChI=1S/C15H22N6O2/c1-3-20(2)15(22)12-7-17-14-11(8-18-19-14)13(12)21-4-5-23-10(6-16)9-21/h7-8,10H,3-6,9,16H2,1-2H3,(H,17,18,19). The van der Waals surface area contributed by atoms with E-state index in [-0.39, 0.29) is 12.0 Å². The van der Waals surface area contributed by atoms with Crippen molar-refractivity contribution in [3.8, 4) is 0 Å². The number of aromatic nitrogens is 3. The van der Waals surface area contributed by atoms with Gasteiger partial charge in [0.15, 0.2) is 5.65 Å². The van der Waals surface area contributed by atoms with Crippen LogP contribution in [-0.2, 0) is 4.74 Å². The van der Waals surface area contributed by atoms with E-state index in [1.54, 1.807) is 24.3 Å². The largest absolute Gasteiger partial charge is 0.373 e. The van der Waals surface area contributed by atoms with Gasteiger partial charge in [0.1, 0.15) is 0 Å². The third-order valence-corrected chi connectivity index (χ3v) is 4.22. The smallest absolute Gasteiger partial charge is 0.257 e. The molecule has 1 atom stereocenters. The number of anilines is 1. The Hall–Kier alpha value is -2.19. The van der Waals surface area contributed by atoms with Crippen LogP contribution in [0.4, 0.5) is 5.69 Å². The Morgan fingerprint density at radius 1 is 1.57 bits per heavy atom. The maximum absolute atomic E-state index is 12.7. The molecule has 3 rings (SSSR count). The molecule has 0 aromatic carbocycles. The lowest BCUT2D eigenvalue weighted by atomic mass is 10.1. The number of nitrogens with zero attached hydrogens (tertiary/aromatic N) is 4. The van der Waals surface area contributed by atoms with Crippen LogP contribution >= 0.6 is 0 Å². The van der Waals surface area contributed by atoms with E-state index in [4.69, 9.17) is 10.5 Å². The van der Waals surface area contributed by atoms with Gasteiger partial charge in [-0.3, -0.25) is 9.89 Å². The van der Waals surface area contributed by atoms with Gasteiger partial charge in [0, 0.05) is 39.4 Å². The van der Waals surface area contributed by atoms with E-state index in [1.807, 2.05) is 6.92 Å². The van der Waals surface area contributed by atoms with Gasteiger partial charge in [-0.05, 0) is 6.92 Å². The number of carbonyl (C=O) groups excluding carboxylic acids is 1. The molecule has 1 unspecified atom stereocenters. The van der Waals surface area contributed by atoms with E-state index in [0.717, 1.165) is 11.1 Å². The molecular weight excluding hydrogens is 296 g/mol. The number of nitrogens with two attached hydrogens (primary N) is 1. The Balaban J connectivity index is 2.08. The predicted octanol–water partition coefficient (Wildman–Crippen LogP) is 0.214. The Labute approximate surface area is 134 Å². The Morgan fingerprint density at radius 3 is 3.13 bits per heavy atom. The lowest BCUT2D eigenvalue weighted by Crippen LogP contribution is -2.46. The van der Waals surface area contributed by atoms with Gasteiger partial charge in [-0.15, -0.1) is 0 Å². The number of amides is 1. The van der Waals surface area contributed by atoms with Crippen molar-refractivity contribution in [3.63, 3.8) is 0 Å². The van der Waals surface area contributed by atoms with Crippen LogP contribution in [-0.4, -0.2) is 71.9 Å². The molecule has 1 aliphatic heterocycles. The number of H-pyrrole nitrogens is 1. The maximum Gasteiger partial charge on any atom is 0.257 e. The Kier molecular flexibility index (Phi) is 4.44. The van der Waals surface area contributed by atoms with Crippen molar-refractivity contribution in [2.24, 2.45) is 5.73 Å². The van der Waals surface area contributed by atoms with Crippen molar-refractivity contribution in [1.29, 1.82) is 0 Å². The van der Waals surface area contributed by atoms with Crippen LogP contribution in [0.25, 0.3) is 11.0 Å². The summed E-state index contributed by atoms with van der Waals surface area (Å²) in [5, 5.41) is 7.78. The average molecular weight is 318 g/mol. The molecule has 0 spiro atoms. The third kappa shape index (κ3) is 2.87. The number of rotatable bonds is 4. The molecule has 1 amide bonds. The maximum atomic E-state index is 12.7. The summed E-state index contributed by atoms with van der Waals surface area (Å²) in [6, 6.07) is 0. The number of fused-ring (bicyclic) bond motifs is 1. The number of hydrogen-bond acceptors (Lipinski definition) is 6. The van der Waals surface area contributed by atoms with Crippen molar-refractivity contribution >= 4 is 22.6 Å². The summed E-state index contributed by atoms with van der Waals surface area (Å²) < 4.78 is 5.64. The summed E-state index contributed by atoms with van der Waals surface area (Å²) in [4.78, 5) is 20.9. The minimum atomic E-state index is -0.0473. The van der Waals surface area contributed by atoms with E-state index in [1.165, 1.54) is 0 Å². The van der Waals surface area contributed by atoms with Gasteiger partial charge in [-0.2, -0.15) is 5.10 Å². The predicted molar refractivity (Wildman–Crippen MR) is 87.5 cm³/mol. The van der Waals surface area contributed by atoms with Crippen LogP contribution in [0.3, 0.4) is 0 Å². The summed E-state index contributed by atoms with van der Waals surface area (Å²) in [7, 11) is 1.79. The molecular formula is C15H22N6O2. The van der Waals surface area contributed by atoms with Crippen molar-refractivity contribution < 1.29 is 9.53 Å². The number of morpholine rings is 1. The van der Waals surface area contributed by atoms with Crippen molar-refractivity contribution in [3.05, 3.63) is 18.0 Å². The lowest BCUT2D eigenvalue weighted by molar-refractivity contribution is 0.0465. The number of hydrogen-bond donors (Lipinski definition) is 2. The summed E-state index contributed by atoms with van der Waals surface area (Å²) in [6.07, 6.45) is 3.30. The van der Waals surface area contributed by atoms with Gasteiger partial charge < -0.3 is 20.3 Å². The first-order valence-electron chi connectivity index (χ1n) is 7.79. The summed E-state index contributed by atoms with van der Waals surface area (Å²) in [6.45, 7) is 4.97. The molecule has 1 saturated heterocycles.